The fourth-order valence-corrected chi connectivity index (χ4v) is 1.79. The Labute approximate surface area is 121 Å². The van der Waals surface area contributed by atoms with Gasteiger partial charge in [0.1, 0.15) is 17.6 Å². The van der Waals surface area contributed by atoms with Crippen LogP contribution in [0.15, 0.2) is 24.3 Å². The monoisotopic (exact) mass is 281 g/mol. The van der Waals surface area contributed by atoms with Crippen LogP contribution in [0.4, 0.5) is 0 Å². The fourth-order valence-electron chi connectivity index (χ4n) is 1.79. The number of aliphatic hydroxyl groups excluding tert-OH is 1. The van der Waals surface area contributed by atoms with Gasteiger partial charge in [-0.25, -0.2) is 0 Å². The molecule has 2 atom stereocenters. The van der Waals surface area contributed by atoms with Gasteiger partial charge < -0.3 is 20.3 Å². The summed E-state index contributed by atoms with van der Waals surface area (Å²) in [4.78, 5) is 0. The second kappa shape index (κ2) is 7.50. The lowest BCUT2D eigenvalue weighted by molar-refractivity contribution is 0.0591. The van der Waals surface area contributed by atoms with Gasteiger partial charge in [-0.05, 0) is 36.1 Å². The first-order valence-corrected chi connectivity index (χ1v) is 7.14. The molecule has 4 heteroatoms. The van der Waals surface area contributed by atoms with Crippen molar-refractivity contribution in [2.75, 3.05) is 13.2 Å². The third-order valence-corrected chi connectivity index (χ3v) is 3.16. The van der Waals surface area contributed by atoms with E-state index >= 15 is 0 Å². The van der Waals surface area contributed by atoms with Crippen molar-refractivity contribution >= 4 is 0 Å². The van der Waals surface area contributed by atoms with Gasteiger partial charge in [0.05, 0.1) is 13.2 Å². The van der Waals surface area contributed by atoms with E-state index in [1.165, 1.54) is 0 Å². The lowest BCUT2D eigenvalue weighted by Crippen LogP contribution is -2.49. The molecule has 0 fully saturated rings. The average molecular weight is 281 g/mol. The number of hydrogen-bond acceptors (Lipinski definition) is 4. The van der Waals surface area contributed by atoms with Gasteiger partial charge in [-0.3, -0.25) is 0 Å². The maximum atomic E-state index is 9.46. The van der Waals surface area contributed by atoms with E-state index in [0.29, 0.717) is 12.4 Å². The van der Waals surface area contributed by atoms with Crippen molar-refractivity contribution in [1.82, 2.24) is 0 Å². The standard InChI is InChI=1S/C16H27NO3/c1-5-10-19-12-6-8-13(9-7-12)20-14(11-18)15(17)16(2,3)4/h6-9,14-15,18H,5,10-11,17H2,1-4H3. The van der Waals surface area contributed by atoms with Crippen LogP contribution in [0.3, 0.4) is 0 Å². The highest BCUT2D eigenvalue weighted by Crippen LogP contribution is 2.24. The first-order chi connectivity index (χ1) is 9.38. The maximum Gasteiger partial charge on any atom is 0.137 e. The normalized spacial score (nSPS) is 14.7. The van der Waals surface area contributed by atoms with E-state index in [1.807, 2.05) is 45.0 Å². The number of rotatable bonds is 7. The van der Waals surface area contributed by atoms with Crippen LogP contribution in [0.2, 0.25) is 0 Å². The molecule has 0 spiro atoms. The van der Waals surface area contributed by atoms with Crippen molar-refractivity contribution < 1.29 is 14.6 Å². The third kappa shape index (κ3) is 5.02. The number of aliphatic hydroxyl groups is 1. The molecule has 0 saturated heterocycles. The van der Waals surface area contributed by atoms with E-state index in [4.69, 9.17) is 15.2 Å². The molecular formula is C16H27NO3. The summed E-state index contributed by atoms with van der Waals surface area (Å²) in [7, 11) is 0. The second-order valence-corrected chi connectivity index (χ2v) is 6.05. The van der Waals surface area contributed by atoms with E-state index in [1.54, 1.807) is 0 Å². The molecule has 0 aliphatic carbocycles. The van der Waals surface area contributed by atoms with Gasteiger partial charge in [0.2, 0.25) is 0 Å². The van der Waals surface area contributed by atoms with Gasteiger partial charge in [0, 0.05) is 6.04 Å². The van der Waals surface area contributed by atoms with Gasteiger partial charge in [-0.1, -0.05) is 27.7 Å². The Kier molecular flexibility index (Phi) is 6.30. The molecule has 0 aromatic heterocycles. The van der Waals surface area contributed by atoms with Crippen molar-refractivity contribution in [1.29, 1.82) is 0 Å². The Balaban J connectivity index is 2.66. The Morgan fingerprint density at radius 2 is 1.70 bits per heavy atom. The Hall–Kier alpha value is -1.26. The number of ether oxygens (including phenoxy) is 2. The number of hydrogen-bond donors (Lipinski definition) is 2. The van der Waals surface area contributed by atoms with Crippen molar-refractivity contribution in [2.24, 2.45) is 11.1 Å². The fraction of sp³-hybridized carbons (Fsp3) is 0.625. The van der Waals surface area contributed by atoms with Gasteiger partial charge in [0.15, 0.2) is 0 Å². The van der Waals surface area contributed by atoms with Crippen molar-refractivity contribution in [2.45, 2.75) is 46.3 Å². The molecule has 20 heavy (non-hydrogen) atoms. The summed E-state index contributed by atoms with van der Waals surface area (Å²) < 4.78 is 11.3. The zero-order chi connectivity index (χ0) is 15.2. The van der Waals surface area contributed by atoms with Gasteiger partial charge in [-0.2, -0.15) is 0 Å². The molecule has 1 aromatic rings. The molecular weight excluding hydrogens is 254 g/mol. The first kappa shape index (κ1) is 16.8. The minimum atomic E-state index is -0.419. The number of nitrogens with two attached hydrogens (primary N) is 1. The van der Waals surface area contributed by atoms with Gasteiger partial charge >= 0.3 is 0 Å². The quantitative estimate of drug-likeness (QED) is 0.806. The van der Waals surface area contributed by atoms with Gasteiger partial charge in [-0.15, -0.1) is 0 Å². The average Bonchev–Trinajstić information content (AvgIpc) is 2.42. The maximum absolute atomic E-state index is 9.46. The zero-order valence-corrected chi connectivity index (χ0v) is 12.9. The van der Waals surface area contributed by atoms with Gasteiger partial charge in [0.25, 0.3) is 0 Å². The molecule has 2 unspecified atom stereocenters. The highest BCUT2D eigenvalue weighted by molar-refractivity contribution is 5.31. The van der Waals surface area contributed by atoms with E-state index in [0.717, 1.165) is 12.2 Å². The first-order valence-electron chi connectivity index (χ1n) is 7.14. The van der Waals surface area contributed by atoms with Crippen LogP contribution < -0.4 is 15.2 Å². The summed E-state index contributed by atoms with van der Waals surface area (Å²) in [6.07, 6.45) is 0.558. The number of benzene rings is 1. The van der Waals surface area contributed by atoms with E-state index in [2.05, 4.69) is 6.92 Å². The summed E-state index contributed by atoms with van der Waals surface area (Å²) in [5.74, 6) is 1.51. The van der Waals surface area contributed by atoms with Crippen LogP contribution in [0.1, 0.15) is 34.1 Å². The lowest BCUT2D eigenvalue weighted by atomic mass is 9.84. The highest BCUT2D eigenvalue weighted by Gasteiger charge is 2.30. The Morgan fingerprint density at radius 3 is 2.15 bits per heavy atom. The molecule has 0 saturated carbocycles. The highest BCUT2D eigenvalue weighted by atomic mass is 16.5. The van der Waals surface area contributed by atoms with E-state index < -0.39 is 6.10 Å². The molecule has 0 amide bonds. The minimum Gasteiger partial charge on any atom is -0.494 e. The molecule has 0 bridgehead atoms. The second-order valence-electron chi connectivity index (χ2n) is 6.05. The molecule has 0 heterocycles. The van der Waals surface area contributed by atoms with E-state index in [9.17, 15) is 5.11 Å². The Bertz CT molecular complexity index is 384. The molecule has 1 rings (SSSR count). The summed E-state index contributed by atoms with van der Waals surface area (Å²) in [5.41, 5.74) is 6.01. The predicted octanol–water partition coefficient (Wildman–Crippen LogP) is 2.59. The van der Waals surface area contributed by atoms with Crippen molar-refractivity contribution in [3.63, 3.8) is 0 Å². The lowest BCUT2D eigenvalue weighted by Gasteiger charge is -2.33. The molecule has 0 aliphatic rings. The van der Waals surface area contributed by atoms with E-state index in [-0.39, 0.29) is 18.1 Å². The predicted molar refractivity (Wildman–Crippen MR) is 81.2 cm³/mol. The summed E-state index contributed by atoms with van der Waals surface area (Å²) in [5, 5.41) is 9.46. The SMILES string of the molecule is CCCOc1ccc(OC(CO)C(N)C(C)(C)C)cc1. The molecule has 4 nitrogen and oxygen atoms in total. The van der Waals surface area contributed by atoms with Crippen molar-refractivity contribution in [3.8, 4) is 11.5 Å². The minimum absolute atomic E-state index is 0.105. The topological polar surface area (TPSA) is 64.7 Å². The zero-order valence-electron chi connectivity index (χ0n) is 12.9. The smallest absolute Gasteiger partial charge is 0.137 e. The van der Waals surface area contributed by atoms with Crippen LogP contribution in [-0.2, 0) is 0 Å². The van der Waals surface area contributed by atoms with Crippen LogP contribution in [0.25, 0.3) is 0 Å². The molecule has 0 radical (unpaired) electrons. The summed E-state index contributed by atoms with van der Waals surface area (Å²) in [6.45, 7) is 8.76. The van der Waals surface area contributed by atoms with Crippen molar-refractivity contribution in [3.05, 3.63) is 24.3 Å². The summed E-state index contributed by atoms with van der Waals surface area (Å²) in [6, 6.07) is 7.15. The molecule has 1 aromatic carbocycles. The van der Waals surface area contributed by atoms with Crippen LogP contribution in [-0.4, -0.2) is 30.5 Å². The molecule has 0 aliphatic heterocycles. The largest absolute Gasteiger partial charge is 0.494 e. The van der Waals surface area contributed by atoms with Crippen LogP contribution in [0, 0.1) is 5.41 Å². The molecule has 114 valence electrons. The Morgan fingerprint density at radius 1 is 1.15 bits per heavy atom. The van der Waals surface area contributed by atoms with Crippen LogP contribution in [0.5, 0.6) is 11.5 Å². The van der Waals surface area contributed by atoms with Crippen LogP contribution >= 0.6 is 0 Å². The third-order valence-electron chi connectivity index (χ3n) is 3.16. The molecule has 3 N–H and O–H groups in total. The summed E-state index contributed by atoms with van der Waals surface area (Å²) >= 11 is 0.